The first kappa shape index (κ1) is 29.1. The van der Waals surface area contributed by atoms with Crippen LogP contribution in [0.5, 0.6) is 0 Å². The van der Waals surface area contributed by atoms with Crippen molar-refractivity contribution in [2.45, 2.75) is 18.1 Å². The molecule has 3 aromatic rings. The summed E-state index contributed by atoms with van der Waals surface area (Å²) in [5, 5.41) is 0.832. The van der Waals surface area contributed by atoms with E-state index < -0.39 is 0 Å². The summed E-state index contributed by atoms with van der Waals surface area (Å²) in [5.41, 5.74) is 1.89. The second-order valence-corrected chi connectivity index (χ2v) is 11.6. The molecule has 2 fully saturated rings. The fourth-order valence-electron chi connectivity index (χ4n) is 5.13. The van der Waals surface area contributed by atoms with Crippen LogP contribution < -0.4 is 4.90 Å². The van der Waals surface area contributed by atoms with E-state index in [1.165, 1.54) is 17.3 Å². The summed E-state index contributed by atoms with van der Waals surface area (Å²) >= 11 is 7.68. The summed E-state index contributed by atoms with van der Waals surface area (Å²) in [5.74, 6) is 1.11. The van der Waals surface area contributed by atoms with Crippen LogP contribution in [0, 0.1) is 0 Å². The number of nitrogens with zero attached hydrogens (tertiary/aromatic N) is 6. The summed E-state index contributed by atoms with van der Waals surface area (Å²) in [7, 11) is 0. The maximum absolute atomic E-state index is 13.0. The van der Waals surface area contributed by atoms with Gasteiger partial charge in [-0.25, -0.2) is 9.97 Å². The van der Waals surface area contributed by atoms with Crippen LogP contribution in [0.25, 0.3) is 6.08 Å². The third kappa shape index (κ3) is 7.87. The molecule has 8 nitrogen and oxygen atoms in total. The second-order valence-electron chi connectivity index (χ2n) is 10.3. The molecule has 5 rings (SSSR count). The van der Waals surface area contributed by atoms with Gasteiger partial charge in [0.25, 0.3) is 5.91 Å². The van der Waals surface area contributed by atoms with Crippen molar-refractivity contribution in [2.75, 3.05) is 63.0 Å². The number of rotatable bonds is 8. The zero-order chi connectivity index (χ0) is 28.6. The first-order valence-electron chi connectivity index (χ1n) is 14.0. The molecule has 2 aliphatic rings. The highest BCUT2D eigenvalue weighted by atomic mass is 35.5. The number of carbonyl (C=O) groups excluding carboxylic acids is 2. The van der Waals surface area contributed by atoms with Gasteiger partial charge in [-0.05, 0) is 24.6 Å². The van der Waals surface area contributed by atoms with Crippen molar-refractivity contribution in [3.05, 3.63) is 89.1 Å². The molecule has 1 unspecified atom stereocenters. The van der Waals surface area contributed by atoms with E-state index in [9.17, 15) is 9.59 Å². The Morgan fingerprint density at radius 3 is 2.37 bits per heavy atom. The number of anilines is 1. The molecule has 0 saturated carbocycles. The third-order valence-corrected chi connectivity index (χ3v) is 8.44. The number of halogens is 1. The van der Waals surface area contributed by atoms with Gasteiger partial charge < -0.3 is 14.7 Å². The van der Waals surface area contributed by atoms with Crippen LogP contribution in [0.3, 0.4) is 0 Å². The Morgan fingerprint density at radius 2 is 1.66 bits per heavy atom. The average molecular weight is 591 g/mol. The van der Waals surface area contributed by atoms with E-state index in [2.05, 4.69) is 39.1 Å². The molecule has 2 saturated heterocycles. The van der Waals surface area contributed by atoms with E-state index in [0.717, 1.165) is 25.5 Å². The molecular formula is C31H35ClN6O2S. The maximum atomic E-state index is 13.0. The summed E-state index contributed by atoms with van der Waals surface area (Å²) in [6, 6.07) is 21.4. The SMILES string of the molecule is CC1CN(c2cc(Cl)nc(SCC(=O)N3CCN(C/C=C/c4ccccc4)CC3)n2)CCN1C(=O)c1ccccc1. The number of aromatic nitrogens is 2. The number of carbonyl (C=O) groups is 2. The van der Waals surface area contributed by atoms with Crippen molar-refractivity contribution in [1.29, 1.82) is 0 Å². The molecule has 214 valence electrons. The van der Waals surface area contributed by atoms with Crippen molar-refractivity contribution < 1.29 is 9.59 Å². The molecule has 1 aromatic heterocycles. The molecule has 0 N–H and O–H groups in total. The number of piperazine rings is 2. The highest BCUT2D eigenvalue weighted by Crippen LogP contribution is 2.25. The first-order valence-corrected chi connectivity index (χ1v) is 15.3. The van der Waals surface area contributed by atoms with E-state index in [0.29, 0.717) is 48.6 Å². The van der Waals surface area contributed by atoms with Gasteiger partial charge in [0.2, 0.25) is 5.91 Å². The Labute approximate surface area is 251 Å². The van der Waals surface area contributed by atoms with Crippen LogP contribution in [0.15, 0.2) is 78.0 Å². The first-order chi connectivity index (χ1) is 20.0. The Kier molecular flexibility index (Phi) is 9.92. The fourth-order valence-corrected chi connectivity index (χ4v) is 6.11. The lowest BCUT2D eigenvalue weighted by molar-refractivity contribution is -0.130. The number of benzene rings is 2. The lowest BCUT2D eigenvalue weighted by atomic mass is 10.1. The van der Waals surface area contributed by atoms with Gasteiger partial charge in [-0.3, -0.25) is 14.5 Å². The molecule has 41 heavy (non-hydrogen) atoms. The molecule has 3 heterocycles. The smallest absolute Gasteiger partial charge is 0.254 e. The predicted octanol–water partition coefficient (Wildman–Crippen LogP) is 4.43. The van der Waals surface area contributed by atoms with Crippen LogP contribution >= 0.6 is 23.4 Å². The van der Waals surface area contributed by atoms with E-state index in [1.54, 1.807) is 6.07 Å². The predicted molar refractivity (Wildman–Crippen MR) is 165 cm³/mol. The molecule has 0 bridgehead atoms. The second kappa shape index (κ2) is 14.0. The molecule has 0 radical (unpaired) electrons. The topological polar surface area (TPSA) is 72.9 Å². The van der Waals surface area contributed by atoms with Gasteiger partial charge in [0, 0.05) is 70.0 Å². The average Bonchev–Trinajstić information content (AvgIpc) is 3.00. The number of amides is 2. The highest BCUT2D eigenvalue weighted by molar-refractivity contribution is 7.99. The monoisotopic (exact) mass is 590 g/mol. The summed E-state index contributed by atoms with van der Waals surface area (Å²) in [4.78, 5) is 43.3. The zero-order valence-corrected chi connectivity index (χ0v) is 24.8. The molecule has 2 amide bonds. The Bertz CT molecular complexity index is 1350. The lowest BCUT2D eigenvalue weighted by Gasteiger charge is -2.40. The van der Waals surface area contributed by atoms with Gasteiger partial charge in [-0.2, -0.15) is 0 Å². The van der Waals surface area contributed by atoms with Crippen LogP contribution in [0.2, 0.25) is 5.15 Å². The molecule has 2 aromatic carbocycles. The summed E-state index contributed by atoms with van der Waals surface area (Å²) < 4.78 is 0. The molecule has 1 atom stereocenters. The molecular weight excluding hydrogens is 556 g/mol. The minimum absolute atomic E-state index is 0.00961. The van der Waals surface area contributed by atoms with Crippen LogP contribution in [-0.4, -0.2) is 101 Å². The van der Waals surface area contributed by atoms with Crippen molar-refractivity contribution >= 4 is 47.1 Å². The minimum Gasteiger partial charge on any atom is -0.353 e. The van der Waals surface area contributed by atoms with Crippen LogP contribution in [-0.2, 0) is 4.79 Å². The number of hydrogen-bond donors (Lipinski definition) is 0. The molecule has 2 aliphatic heterocycles. The quantitative estimate of drug-likeness (QED) is 0.218. The van der Waals surface area contributed by atoms with Gasteiger partial charge in [0.15, 0.2) is 5.16 Å². The van der Waals surface area contributed by atoms with E-state index in [1.807, 2.05) is 65.3 Å². The maximum Gasteiger partial charge on any atom is 0.254 e. The van der Waals surface area contributed by atoms with Gasteiger partial charge in [0.1, 0.15) is 11.0 Å². The zero-order valence-electron chi connectivity index (χ0n) is 23.2. The van der Waals surface area contributed by atoms with Gasteiger partial charge in [0.05, 0.1) is 5.75 Å². The normalized spacial score (nSPS) is 18.2. The minimum atomic E-state index is 0.00961. The van der Waals surface area contributed by atoms with Crippen molar-refractivity contribution in [3.8, 4) is 0 Å². The van der Waals surface area contributed by atoms with E-state index >= 15 is 0 Å². The Balaban J connectivity index is 1.09. The van der Waals surface area contributed by atoms with Crippen molar-refractivity contribution in [1.82, 2.24) is 24.7 Å². The number of thioether (sulfide) groups is 1. The van der Waals surface area contributed by atoms with Gasteiger partial charge >= 0.3 is 0 Å². The van der Waals surface area contributed by atoms with Crippen LogP contribution in [0.1, 0.15) is 22.8 Å². The standard InChI is InChI=1S/C31H35ClN6O2S/c1-24-22-37(19-20-38(24)30(40)26-12-6-3-7-13-26)28-21-27(32)33-31(34-28)41-23-29(39)36-17-15-35(16-18-36)14-8-11-25-9-4-2-5-10-25/h2-13,21,24H,14-20,22-23H2,1H3/b11-8+. The molecule has 10 heteroatoms. The van der Waals surface area contributed by atoms with Crippen molar-refractivity contribution in [3.63, 3.8) is 0 Å². The van der Waals surface area contributed by atoms with E-state index in [-0.39, 0.29) is 23.6 Å². The largest absolute Gasteiger partial charge is 0.353 e. The Morgan fingerprint density at radius 1 is 0.951 bits per heavy atom. The lowest BCUT2D eigenvalue weighted by Crippen LogP contribution is -2.54. The third-order valence-electron chi connectivity index (χ3n) is 7.42. The van der Waals surface area contributed by atoms with Crippen molar-refractivity contribution in [2.24, 2.45) is 0 Å². The highest BCUT2D eigenvalue weighted by Gasteiger charge is 2.29. The molecule has 0 spiro atoms. The van der Waals surface area contributed by atoms with Gasteiger partial charge in [-0.1, -0.05) is 84.0 Å². The Hall–Kier alpha value is -3.40. The number of hydrogen-bond acceptors (Lipinski definition) is 7. The fraction of sp³-hybridized carbons (Fsp3) is 0.355. The van der Waals surface area contributed by atoms with Crippen LogP contribution in [0.4, 0.5) is 5.82 Å². The summed E-state index contributed by atoms with van der Waals surface area (Å²) in [6.07, 6.45) is 4.32. The van der Waals surface area contributed by atoms with Gasteiger partial charge in [-0.15, -0.1) is 0 Å². The van der Waals surface area contributed by atoms with E-state index in [4.69, 9.17) is 16.6 Å². The summed E-state index contributed by atoms with van der Waals surface area (Å²) in [6.45, 7) is 7.92. The molecule has 0 aliphatic carbocycles.